The van der Waals surface area contributed by atoms with E-state index in [-0.39, 0.29) is 24.0 Å². The van der Waals surface area contributed by atoms with E-state index in [0.717, 1.165) is 6.54 Å². The van der Waals surface area contributed by atoms with Gasteiger partial charge in [0.25, 0.3) is 0 Å². The van der Waals surface area contributed by atoms with Crippen LogP contribution in [-0.2, 0) is 4.79 Å². The molecule has 1 N–H and O–H groups in total. The molecule has 1 unspecified atom stereocenters. The van der Waals surface area contributed by atoms with Gasteiger partial charge in [-0.1, -0.05) is 0 Å². The maximum absolute atomic E-state index is 12.6. The highest BCUT2D eigenvalue weighted by Gasteiger charge is 2.35. The second-order valence-electron chi connectivity index (χ2n) is 6.17. The van der Waals surface area contributed by atoms with Crippen molar-refractivity contribution in [2.75, 3.05) is 33.2 Å². The summed E-state index contributed by atoms with van der Waals surface area (Å²) in [6, 6.07) is -0.338. The van der Waals surface area contributed by atoms with E-state index in [9.17, 15) is 9.59 Å². The molecule has 0 spiro atoms. The topological polar surface area (TPSA) is 64.1 Å². The van der Waals surface area contributed by atoms with Crippen molar-refractivity contribution < 1.29 is 14.7 Å². The van der Waals surface area contributed by atoms with Crippen LogP contribution in [-0.4, -0.2) is 76.6 Å². The molecular weight excluding hydrogens is 258 g/mol. The van der Waals surface area contributed by atoms with Crippen LogP contribution in [0.3, 0.4) is 0 Å². The minimum atomic E-state index is -0.873. The Morgan fingerprint density at radius 3 is 2.40 bits per heavy atom. The lowest BCUT2D eigenvalue weighted by Gasteiger charge is -2.46. The molecule has 0 aromatic rings. The molecule has 6 heteroatoms. The van der Waals surface area contributed by atoms with Gasteiger partial charge in [-0.25, -0.2) is 4.79 Å². The Balaban J connectivity index is 2.74. The number of likely N-dealkylation sites (N-methyl/N-ethyl adjacent to an activating group) is 1. The molecule has 1 saturated heterocycles. The van der Waals surface area contributed by atoms with Gasteiger partial charge in [-0.15, -0.1) is 0 Å². The summed E-state index contributed by atoms with van der Waals surface area (Å²) in [6.07, 6.45) is -0.0171. The SMILES string of the molecule is CCN(C(=O)N1CCN(C)C(C)(C)C1)C(C)CC(=O)O. The van der Waals surface area contributed by atoms with Crippen LogP contribution >= 0.6 is 0 Å². The molecule has 1 aliphatic heterocycles. The van der Waals surface area contributed by atoms with Gasteiger partial charge in [0.05, 0.1) is 6.42 Å². The summed E-state index contributed by atoms with van der Waals surface area (Å²) >= 11 is 0. The quantitative estimate of drug-likeness (QED) is 0.846. The first-order valence-corrected chi connectivity index (χ1v) is 7.17. The number of carbonyl (C=O) groups is 2. The second kappa shape index (κ2) is 6.43. The molecule has 1 aliphatic rings. The monoisotopic (exact) mass is 285 g/mol. The van der Waals surface area contributed by atoms with Gasteiger partial charge in [0, 0.05) is 37.8 Å². The largest absolute Gasteiger partial charge is 0.481 e. The molecule has 0 aromatic heterocycles. The van der Waals surface area contributed by atoms with Crippen molar-refractivity contribution in [2.24, 2.45) is 0 Å². The third-order valence-electron chi connectivity index (χ3n) is 4.18. The zero-order valence-corrected chi connectivity index (χ0v) is 13.2. The predicted octanol–water partition coefficient (Wildman–Crippen LogP) is 1.32. The van der Waals surface area contributed by atoms with Gasteiger partial charge in [0.15, 0.2) is 0 Å². The van der Waals surface area contributed by atoms with E-state index in [0.29, 0.717) is 19.6 Å². The fourth-order valence-corrected chi connectivity index (χ4v) is 2.58. The van der Waals surface area contributed by atoms with Crippen LogP contribution in [0.1, 0.15) is 34.1 Å². The minimum absolute atomic E-state index is 0.0171. The molecule has 1 rings (SSSR count). The Morgan fingerprint density at radius 1 is 1.35 bits per heavy atom. The number of hydrogen-bond acceptors (Lipinski definition) is 3. The lowest BCUT2D eigenvalue weighted by atomic mass is 10.00. The highest BCUT2D eigenvalue weighted by Crippen LogP contribution is 2.20. The summed E-state index contributed by atoms with van der Waals surface area (Å²) in [5.74, 6) is -0.873. The van der Waals surface area contributed by atoms with Gasteiger partial charge < -0.3 is 14.9 Å². The normalized spacial score (nSPS) is 20.6. The Labute approximate surface area is 121 Å². The summed E-state index contributed by atoms with van der Waals surface area (Å²) in [4.78, 5) is 29.1. The number of carboxylic acids is 1. The Hall–Kier alpha value is -1.30. The molecule has 1 fully saturated rings. The number of hydrogen-bond donors (Lipinski definition) is 1. The number of aliphatic carboxylic acids is 1. The van der Waals surface area contributed by atoms with E-state index in [4.69, 9.17) is 5.11 Å². The van der Waals surface area contributed by atoms with Crippen LogP contribution in [0.25, 0.3) is 0 Å². The van der Waals surface area contributed by atoms with E-state index in [1.807, 2.05) is 11.8 Å². The van der Waals surface area contributed by atoms with Gasteiger partial charge in [-0.05, 0) is 34.7 Å². The molecule has 1 atom stereocenters. The van der Waals surface area contributed by atoms with Gasteiger partial charge in [-0.2, -0.15) is 0 Å². The molecule has 1 heterocycles. The van der Waals surface area contributed by atoms with Crippen LogP contribution in [0.15, 0.2) is 0 Å². The van der Waals surface area contributed by atoms with Crippen molar-refractivity contribution in [3.8, 4) is 0 Å². The van der Waals surface area contributed by atoms with Crippen molar-refractivity contribution in [1.29, 1.82) is 0 Å². The van der Waals surface area contributed by atoms with E-state index in [1.54, 1.807) is 11.8 Å². The summed E-state index contributed by atoms with van der Waals surface area (Å²) in [7, 11) is 2.06. The van der Waals surface area contributed by atoms with E-state index >= 15 is 0 Å². The number of piperazine rings is 1. The van der Waals surface area contributed by atoms with Crippen molar-refractivity contribution in [1.82, 2.24) is 14.7 Å². The van der Waals surface area contributed by atoms with Crippen LogP contribution in [0.4, 0.5) is 4.79 Å². The standard InChI is InChI=1S/C14H27N3O3/c1-6-17(11(2)9-12(18)19)13(20)16-8-7-15(5)14(3,4)10-16/h11H,6-10H2,1-5H3,(H,18,19). The second-order valence-corrected chi connectivity index (χ2v) is 6.17. The predicted molar refractivity (Wildman–Crippen MR) is 77.8 cm³/mol. The molecule has 0 aromatic carbocycles. The molecule has 0 aliphatic carbocycles. The first-order valence-electron chi connectivity index (χ1n) is 7.17. The maximum Gasteiger partial charge on any atom is 0.320 e. The Bertz CT molecular complexity index is 371. The average Bonchev–Trinajstić information content (AvgIpc) is 2.32. The summed E-state index contributed by atoms with van der Waals surface area (Å²) in [6.45, 7) is 10.6. The highest BCUT2D eigenvalue weighted by molar-refractivity contribution is 5.76. The van der Waals surface area contributed by atoms with E-state index in [2.05, 4.69) is 25.8 Å². The lowest BCUT2D eigenvalue weighted by molar-refractivity contribution is -0.138. The van der Waals surface area contributed by atoms with Crippen LogP contribution in [0, 0.1) is 0 Å². The fourth-order valence-electron chi connectivity index (χ4n) is 2.58. The van der Waals surface area contributed by atoms with Crippen LogP contribution in [0.5, 0.6) is 0 Å². The molecule has 0 saturated carbocycles. The molecule has 2 amide bonds. The zero-order valence-electron chi connectivity index (χ0n) is 13.2. The Morgan fingerprint density at radius 2 is 1.95 bits per heavy atom. The molecule has 0 bridgehead atoms. The zero-order chi connectivity index (χ0) is 15.5. The van der Waals surface area contributed by atoms with Crippen LogP contribution in [0.2, 0.25) is 0 Å². The number of amides is 2. The van der Waals surface area contributed by atoms with Crippen LogP contribution < -0.4 is 0 Å². The molecule has 6 nitrogen and oxygen atoms in total. The number of carboxylic acid groups (broad SMARTS) is 1. The third-order valence-corrected chi connectivity index (χ3v) is 4.18. The van der Waals surface area contributed by atoms with Crippen molar-refractivity contribution in [3.63, 3.8) is 0 Å². The summed E-state index contributed by atoms with van der Waals surface area (Å²) in [5.41, 5.74) is -0.0522. The average molecular weight is 285 g/mol. The van der Waals surface area contributed by atoms with E-state index in [1.165, 1.54) is 0 Å². The van der Waals surface area contributed by atoms with E-state index < -0.39 is 5.97 Å². The molecule has 0 radical (unpaired) electrons. The smallest absolute Gasteiger partial charge is 0.320 e. The molecule has 20 heavy (non-hydrogen) atoms. The number of urea groups is 1. The molecule has 116 valence electrons. The molecular formula is C14H27N3O3. The highest BCUT2D eigenvalue weighted by atomic mass is 16.4. The van der Waals surface area contributed by atoms with Gasteiger partial charge >= 0.3 is 12.0 Å². The summed E-state index contributed by atoms with van der Waals surface area (Å²) in [5, 5.41) is 8.88. The number of rotatable bonds is 4. The van der Waals surface area contributed by atoms with Gasteiger partial charge in [0.1, 0.15) is 0 Å². The van der Waals surface area contributed by atoms with Gasteiger partial charge in [0.2, 0.25) is 0 Å². The fraction of sp³-hybridized carbons (Fsp3) is 0.857. The first-order chi connectivity index (χ1) is 9.19. The first kappa shape index (κ1) is 16.8. The minimum Gasteiger partial charge on any atom is -0.481 e. The van der Waals surface area contributed by atoms with Crippen molar-refractivity contribution in [2.45, 2.75) is 45.7 Å². The lowest BCUT2D eigenvalue weighted by Crippen LogP contribution is -2.61. The van der Waals surface area contributed by atoms with Crippen molar-refractivity contribution >= 4 is 12.0 Å². The Kier molecular flexibility index (Phi) is 5.39. The van der Waals surface area contributed by atoms with Crippen molar-refractivity contribution in [3.05, 3.63) is 0 Å². The number of carbonyl (C=O) groups excluding carboxylic acids is 1. The summed E-state index contributed by atoms with van der Waals surface area (Å²) < 4.78 is 0. The maximum atomic E-state index is 12.6. The number of nitrogens with zero attached hydrogens (tertiary/aromatic N) is 3. The third kappa shape index (κ3) is 3.85. The van der Waals surface area contributed by atoms with Gasteiger partial charge in [-0.3, -0.25) is 9.69 Å².